The number of hydrogen-bond donors (Lipinski definition) is 0. The third-order valence-electron chi connectivity index (χ3n) is 18.0. The second kappa shape index (κ2) is 24.4. The predicted molar refractivity (Wildman–Crippen MR) is 386 cm³/mol. The summed E-state index contributed by atoms with van der Waals surface area (Å²) in [4.78, 5) is 10.3. The number of benzene rings is 12. The Morgan fingerprint density at radius 2 is 0.851 bits per heavy atom. The van der Waals surface area contributed by atoms with Crippen molar-refractivity contribution in [1.29, 1.82) is 0 Å². The minimum Gasteiger partial charge on any atom is -0.0622 e. The standard InChI is InChI=1S/C87H69N5O.Pt/c1-59-52-84(88-57-77(59)64-44-42-61(43-45-64)60-26-12-8-13-27-60)92-78-39-21-20-36-73(78)75-53-65(86(2,3)4)46-50-79(75)91(67-32-18-11-19-33-67)80-51-47-66(87(5,6)7)54-76(80)74-49-48-70(56-83(74)92)93-69-35-24-34-68(55-69)89-58-90(82-41-23-22-40-81(82)89)85-71(62-28-14-9-15-29-62)37-25-38-72(85)63-30-16-10-17-31-63;/h8-54,57H,1-7H3;/q-2;. The number of hydrogen-bond acceptors (Lipinski definition) is 4. The van der Waals surface area contributed by atoms with Crippen molar-refractivity contribution in [3.8, 4) is 89.6 Å². The summed E-state index contributed by atoms with van der Waals surface area (Å²) >= 11 is 2.50. The van der Waals surface area contributed by atoms with E-state index in [0.717, 1.165) is 122 Å². The molecule has 0 N–H and O–H groups in total. The Morgan fingerprint density at radius 3 is 1.46 bits per heavy atom. The van der Waals surface area contributed by atoms with Gasteiger partial charge in [-0.15, -0.1) is 0 Å². The molecular formula is C87H69N5OPt-2. The topological polar surface area (TPSA) is 38.5 Å². The van der Waals surface area contributed by atoms with Crippen molar-refractivity contribution in [3.05, 3.63) is 324 Å². The molecule has 0 bridgehead atoms. The Hall–Kier alpha value is -10.7. The number of para-hydroxylation sites is 5. The van der Waals surface area contributed by atoms with Crippen molar-refractivity contribution in [2.75, 3.05) is 9.80 Å². The first-order valence-electron chi connectivity index (χ1n) is 32.1. The molecule has 460 valence electrons. The first-order valence-corrected chi connectivity index (χ1v) is 33.2. The molecule has 1 aliphatic heterocycles. The Labute approximate surface area is 562 Å². The average molecular weight is 1400 g/mol. The number of pyridine rings is 1. The average Bonchev–Trinajstić information content (AvgIpc) is 1.29. The van der Waals surface area contributed by atoms with E-state index in [1.807, 2.05) is 12.3 Å². The van der Waals surface area contributed by atoms with Crippen LogP contribution in [-0.2, 0) is 30.2 Å². The summed E-state index contributed by atoms with van der Waals surface area (Å²) in [6.07, 6.45) is 2.04. The van der Waals surface area contributed by atoms with Gasteiger partial charge in [0.25, 0.3) is 0 Å². The van der Waals surface area contributed by atoms with E-state index in [-0.39, 0.29) is 10.8 Å². The fraction of sp³-hybridized carbons (Fsp3) is 0.103. The molecule has 0 saturated carbocycles. The van der Waals surface area contributed by atoms with Gasteiger partial charge in [0, 0.05) is 23.0 Å². The third-order valence-corrected chi connectivity index (χ3v) is 19.1. The molecule has 0 spiro atoms. The van der Waals surface area contributed by atoms with Crippen LogP contribution in [0.3, 0.4) is 0 Å². The Kier molecular flexibility index (Phi) is 15.5. The van der Waals surface area contributed by atoms with Gasteiger partial charge in [-0.1, -0.05) is 145 Å². The quantitative estimate of drug-likeness (QED) is 0.128. The number of aromatic nitrogens is 3. The molecule has 0 radical (unpaired) electrons. The van der Waals surface area contributed by atoms with Crippen LogP contribution in [0.5, 0.6) is 11.5 Å². The molecular weight excluding hydrogens is 1330 g/mol. The van der Waals surface area contributed by atoms with Gasteiger partial charge in [0.05, 0.1) is 5.69 Å². The zero-order valence-electron chi connectivity index (χ0n) is 53.7. The van der Waals surface area contributed by atoms with Crippen LogP contribution in [0.1, 0.15) is 58.2 Å². The molecule has 94 heavy (non-hydrogen) atoms. The summed E-state index contributed by atoms with van der Waals surface area (Å²) in [6, 6.07) is 110. The number of aryl methyl sites for hydroxylation is 1. The molecule has 0 unspecified atom stereocenters. The summed E-state index contributed by atoms with van der Waals surface area (Å²) in [5.74, 6) is 1.81. The monoisotopic (exact) mass is 1390 g/mol. The maximum absolute atomic E-state index is 7.22. The Morgan fingerprint density at radius 1 is 0.372 bits per heavy atom. The van der Waals surface area contributed by atoms with Crippen LogP contribution in [0.4, 0.5) is 34.3 Å². The Balaban J connectivity index is 0.939. The van der Waals surface area contributed by atoms with Crippen molar-refractivity contribution in [3.63, 3.8) is 0 Å². The molecule has 0 fully saturated rings. The van der Waals surface area contributed by atoms with Crippen LogP contribution >= 0.6 is 0 Å². The second-order valence-corrected chi connectivity index (χ2v) is 27.2. The van der Waals surface area contributed by atoms with Crippen molar-refractivity contribution >= 4 is 45.3 Å². The summed E-state index contributed by atoms with van der Waals surface area (Å²) in [6.45, 7) is 15.9. The van der Waals surface area contributed by atoms with Crippen LogP contribution in [-0.4, -0.2) is 14.1 Å². The van der Waals surface area contributed by atoms with Crippen LogP contribution < -0.4 is 14.5 Å². The van der Waals surface area contributed by atoms with E-state index < -0.39 is 0 Å². The zero-order chi connectivity index (χ0) is 64.2. The second-order valence-electron chi connectivity index (χ2n) is 26.2. The summed E-state index contributed by atoms with van der Waals surface area (Å²) < 4.78 is 12.9. The number of nitrogens with zero attached hydrogens (tertiary/aromatic N) is 5. The van der Waals surface area contributed by atoms with Crippen molar-refractivity contribution < 1.29 is 24.1 Å². The van der Waals surface area contributed by atoms with Crippen molar-refractivity contribution in [2.24, 2.45) is 0 Å². The molecule has 7 heteroatoms. The molecule has 6 nitrogen and oxygen atoms in total. The minimum atomic E-state index is -0.188. The van der Waals surface area contributed by atoms with Gasteiger partial charge < -0.3 is 4.90 Å². The van der Waals surface area contributed by atoms with E-state index in [1.165, 1.54) is 22.3 Å². The van der Waals surface area contributed by atoms with Gasteiger partial charge in [-0.25, -0.2) is 0 Å². The smallest absolute Gasteiger partial charge is 0.0622 e. The first-order chi connectivity index (χ1) is 45.7. The number of fused-ring (bicyclic) bond motifs is 7. The van der Waals surface area contributed by atoms with Crippen LogP contribution in [0.2, 0.25) is 0 Å². The van der Waals surface area contributed by atoms with Crippen LogP contribution in [0.25, 0.3) is 89.2 Å². The van der Waals surface area contributed by atoms with Gasteiger partial charge in [0.15, 0.2) is 0 Å². The van der Waals surface area contributed by atoms with Gasteiger partial charge in [0.1, 0.15) is 0 Å². The van der Waals surface area contributed by atoms with Gasteiger partial charge in [-0.3, -0.25) is 0 Å². The molecule has 12 aromatic carbocycles. The molecule has 0 amide bonds. The zero-order valence-corrected chi connectivity index (χ0v) is 55.9. The van der Waals surface area contributed by atoms with E-state index in [2.05, 4.69) is 378 Å². The number of imidazole rings is 1. The molecule has 0 saturated heterocycles. The molecule has 1 aliphatic rings. The van der Waals surface area contributed by atoms with E-state index in [4.69, 9.17) is 9.72 Å². The first kappa shape index (κ1) is 59.6. The van der Waals surface area contributed by atoms with Gasteiger partial charge >= 0.3 is 306 Å². The number of rotatable bonds is 10. The molecule has 15 rings (SSSR count). The van der Waals surface area contributed by atoms with Gasteiger partial charge in [-0.2, -0.15) is 0 Å². The van der Waals surface area contributed by atoms with Crippen molar-refractivity contribution in [1.82, 2.24) is 14.1 Å². The third kappa shape index (κ3) is 11.1. The summed E-state index contributed by atoms with van der Waals surface area (Å²) in [5.41, 5.74) is 25.2. The Bertz CT molecular complexity index is 5160. The molecule has 14 aromatic rings. The molecule has 3 heterocycles. The summed E-state index contributed by atoms with van der Waals surface area (Å²) in [5, 5.41) is 0. The molecule has 0 atom stereocenters. The maximum atomic E-state index is 7.22. The fourth-order valence-electron chi connectivity index (χ4n) is 13.2. The molecule has 2 aromatic heterocycles. The molecule has 0 aliphatic carbocycles. The van der Waals surface area contributed by atoms with E-state index >= 15 is 0 Å². The summed E-state index contributed by atoms with van der Waals surface area (Å²) in [7, 11) is 0. The fourth-order valence-corrected chi connectivity index (χ4v) is 14.3. The van der Waals surface area contributed by atoms with Crippen LogP contribution in [0, 0.1) is 22.9 Å². The van der Waals surface area contributed by atoms with Crippen molar-refractivity contribution in [2.45, 2.75) is 59.3 Å². The van der Waals surface area contributed by atoms with Gasteiger partial charge in [0.2, 0.25) is 0 Å². The minimum absolute atomic E-state index is 0.154. The SMILES string of the molecule is Cc1cc(N2c3[c-]c(Oc4[c-]c(-n5[c](=[Pt])n(-c6c(-c7ccccc7)cccc6-c6ccccc6)c6ccccc65)ccc4)ccc3-c3cc(C(C)(C)C)ccc3N(c3ccccc3)c3ccc(C(C)(C)C)cc3-c3ccccc32)ncc1-c1ccc(-c2ccccc2)cc1. The normalized spacial score (nSPS) is 12.2. The van der Waals surface area contributed by atoms with E-state index in [9.17, 15) is 0 Å². The van der Waals surface area contributed by atoms with E-state index in [0.29, 0.717) is 11.5 Å². The predicted octanol–water partition coefficient (Wildman–Crippen LogP) is 23.4. The number of ether oxygens (including phenoxy) is 1. The number of anilines is 6. The van der Waals surface area contributed by atoms with Gasteiger partial charge in [-0.05, 0) is 81.5 Å². The van der Waals surface area contributed by atoms with E-state index in [1.54, 1.807) is 0 Å². The van der Waals surface area contributed by atoms with Crippen LogP contribution in [0.15, 0.2) is 291 Å².